The highest BCUT2D eigenvalue weighted by Gasteiger charge is 2.29. The van der Waals surface area contributed by atoms with Crippen molar-refractivity contribution < 1.29 is 17.9 Å². The lowest BCUT2D eigenvalue weighted by molar-refractivity contribution is 0.102. The fraction of sp³-hybridized carbons (Fsp3) is 0.160. The second-order valence-corrected chi connectivity index (χ2v) is 9.87. The van der Waals surface area contributed by atoms with E-state index in [0.717, 1.165) is 12.8 Å². The van der Waals surface area contributed by atoms with Crippen LogP contribution in [0.2, 0.25) is 0 Å². The van der Waals surface area contributed by atoms with Gasteiger partial charge >= 0.3 is 0 Å². The molecule has 2 N–H and O–H groups in total. The van der Waals surface area contributed by atoms with Gasteiger partial charge < -0.3 is 10.1 Å². The number of anilines is 1. The summed E-state index contributed by atoms with van der Waals surface area (Å²) in [6.07, 6.45) is 1.60. The summed E-state index contributed by atoms with van der Waals surface area (Å²) in [4.78, 5) is 26.5. The van der Waals surface area contributed by atoms with Gasteiger partial charge in [-0.15, -0.1) is 0 Å². The fourth-order valence-corrected chi connectivity index (χ4v) is 5.05. The van der Waals surface area contributed by atoms with Crippen LogP contribution in [-0.2, 0) is 10.0 Å². The summed E-state index contributed by atoms with van der Waals surface area (Å²) in [5.41, 5.74) is 0.323. The van der Waals surface area contributed by atoms with Gasteiger partial charge in [-0.1, -0.05) is 36.4 Å². The largest absolute Gasteiger partial charge is 0.495 e. The topological polar surface area (TPSA) is 119 Å². The van der Waals surface area contributed by atoms with Crippen LogP contribution in [0.15, 0.2) is 82.5 Å². The van der Waals surface area contributed by atoms with E-state index in [-0.39, 0.29) is 33.6 Å². The van der Waals surface area contributed by atoms with E-state index >= 15 is 0 Å². The molecule has 35 heavy (non-hydrogen) atoms. The van der Waals surface area contributed by atoms with Crippen LogP contribution in [0, 0.1) is 0 Å². The Hall–Kier alpha value is -4.02. The molecular weight excluding hydrogens is 468 g/mol. The number of carbonyl (C=O) groups excluding carboxylic acids is 1. The van der Waals surface area contributed by atoms with Crippen molar-refractivity contribution in [1.82, 2.24) is 14.5 Å². The summed E-state index contributed by atoms with van der Waals surface area (Å²) >= 11 is 0. The third kappa shape index (κ3) is 4.53. The van der Waals surface area contributed by atoms with Crippen LogP contribution in [0.25, 0.3) is 16.5 Å². The van der Waals surface area contributed by atoms with E-state index in [1.165, 1.54) is 30.0 Å². The molecule has 0 spiro atoms. The van der Waals surface area contributed by atoms with Gasteiger partial charge in [-0.3, -0.25) is 9.59 Å². The molecule has 5 rings (SSSR count). The van der Waals surface area contributed by atoms with Gasteiger partial charge in [0.25, 0.3) is 11.5 Å². The zero-order chi connectivity index (χ0) is 24.6. The van der Waals surface area contributed by atoms with Gasteiger partial charge in [0, 0.05) is 11.4 Å². The number of fused-ring (bicyclic) bond motifs is 1. The van der Waals surface area contributed by atoms with Crippen LogP contribution in [0.1, 0.15) is 23.3 Å². The molecule has 0 bridgehead atoms. The molecule has 4 aromatic rings. The lowest BCUT2D eigenvalue weighted by Gasteiger charge is -2.14. The highest BCUT2D eigenvalue weighted by atomic mass is 32.2. The summed E-state index contributed by atoms with van der Waals surface area (Å²) < 4.78 is 34.5. The summed E-state index contributed by atoms with van der Waals surface area (Å²) in [5.74, 6) is -0.335. The number of sulfonamides is 1. The molecule has 1 aliphatic rings. The predicted octanol–water partition coefficient (Wildman–Crippen LogP) is 3.09. The number of hydrogen-bond acceptors (Lipinski definition) is 6. The number of methoxy groups -OCH3 is 1. The molecule has 0 saturated heterocycles. The molecule has 0 unspecified atom stereocenters. The molecule has 1 aliphatic carbocycles. The van der Waals surface area contributed by atoms with Crippen molar-refractivity contribution >= 4 is 32.4 Å². The average Bonchev–Trinajstić information content (AvgIpc) is 3.68. The Morgan fingerprint density at radius 2 is 1.69 bits per heavy atom. The number of aromatic nitrogens is 2. The van der Waals surface area contributed by atoms with E-state index in [0.29, 0.717) is 16.5 Å². The summed E-state index contributed by atoms with van der Waals surface area (Å²) in [7, 11) is -2.32. The molecule has 9 nitrogen and oxygen atoms in total. The molecule has 0 radical (unpaired) electrons. The third-order valence-electron chi connectivity index (χ3n) is 5.65. The maximum atomic E-state index is 13.4. The smallest absolute Gasteiger partial charge is 0.279 e. The van der Waals surface area contributed by atoms with Crippen LogP contribution >= 0.6 is 0 Å². The van der Waals surface area contributed by atoms with Gasteiger partial charge in [-0.25, -0.2) is 13.1 Å². The lowest BCUT2D eigenvalue weighted by Crippen LogP contribution is -2.27. The monoisotopic (exact) mass is 490 g/mol. The van der Waals surface area contributed by atoms with Gasteiger partial charge in [-0.05, 0) is 49.2 Å². The molecule has 0 aliphatic heterocycles. The number of nitrogens with one attached hydrogen (secondary N) is 2. The number of benzene rings is 3. The van der Waals surface area contributed by atoms with Crippen LogP contribution < -0.4 is 20.3 Å². The Bertz CT molecular complexity index is 1600. The first kappa shape index (κ1) is 22.8. The fourth-order valence-electron chi connectivity index (χ4n) is 3.72. The van der Waals surface area contributed by atoms with E-state index in [9.17, 15) is 18.0 Å². The van der Waals surface area contributed by atoms with Gasteiger partial charge in [0.1, 0.15) is 5.75 Å². The summed E-state index contributed by atoms with van der Waals surface area (Å²) in [6.45, 7) is 0. The zero-order valence-electron chi connectivity index (χ0n) is 18.8. The van der Waals surface area contributed by atoms with Gasteiger partial charge in [0.15, 0.2) is 5.69 Å². The molecule has 0 atom stereocenters. The van der Waals surface area contributed by atoms with Gasteiger partial charge in [0.05, 0.1) is 28.8 Å². The molecule has 1 aromatic heterocycles. The minimum atomic E-state index is -3.75. The average molecular weight is 491 g/mol. The molecule has 1 fully saturated rings. The predicted molar refractivity (Wildman–Crippen MR) is 132 cm³/mol. The second kappa shape index (κ2) is 8.97. The number of para-hydroxylation sites is 1. The highest BCUT2D eigenvalue weighted by molar-refractivity contribution is 7.89. The van der Waals surface area contributed by atoms with Crippen molar-refractivity contribution in [2.45, 2.75) is 23.8 Å². The Kier molecular flexibility index (Phi) is 5.83. The van der Waals surface area contributed by atoms with Crippen LogP contribution in [-0.4, -0.2) is 37.3 Å². The van der Waals surface area contributed by atoms with Gasteiger partial charge in [-0.2, -0.15) is 9.78 Å². The summed E-state index contributed by atoms with van der Waals surface area (Å²) in [5, 5.41) is 7.78. The highest BCUT2D eigenvalue weighted by Crippen LogP contribution is 2.30. The number of nitrogens with zero attached hydrogens (tertiary/aromatic N) is 2. The van der Waals surface area contributed by atoms with Gasteiger partial charge in [0.2, 0.25) is 10.0 Å². The van der Waals surface area contributed by atoms with E-state index in [1.807, 2.05) is 6.07 Å². The van der Waals surface area contributed by atoms with E-state index < -0.39 is 15.9 Å². The van der Waals surface area contributed by atoms with Crippen molar-refractivity contribution in [3.05, 3.63) is 88.8 Å². The third-order valence-corrected chi connectivity index (χ3v) is 7.17. The zero-order valence-corrected chi connectivity index (χ0v) is 19.6. The Balaban J connectivity index is 1.58. The van der Waals surface area contributed by atoms with Crippen molar-refractivity contribution in [3.8, 4) is 11.4 Å². The molecule has 10 heteroatoms. The Labute approximate surface area is 201 Å². The second-order valence-electron chi connectivity index (χ2n) is 8.16. The first-order chi connectivity index (χ1) is 16.9. The van der Waals surface area contributed by atoms with Crippen LogP contribution in [0.4, 0.5) is 5.69 Å². The SMILES string of the molecule is COc1ccc(S(=O)(=O)NC2CC2)cc1NC(=O)c1nn(-c2ccccc2)c(=O)c2ccccc12. The first-order valence-corrected chi connectivity index (χ1v) is 12.4. The van der Waals surface area contributed by atoms with E-state index in [1.54, 1.807) is 48.5 Å². The summed E-state index contributed by atoms with van der Waals surface area (Å²) in [6, 6.07) is 19.7. The number of amides is 1. The standard InChI is InChI=1S/C25H22N4O5S/c1-34-22-14-13-18(35(32,33)28-16-11-12-16)15-21(22)26-24(30)23-19-9-5-6-10-20(19)25(31)29(27-23)17-7-3-2-4-8-17/h2-10,13-16,28H,11-12H2,1H3,(H,26,30). The molecule has 1 heterocycles. The molecular formula is C25H22N4O5S. The van der Waals surface area contributed by atoms with Crippen molar-refractivity contribution in [1.29, 1.82) is 0 Å². The number of carbonyl (C=O) groups is 1. The number of hydrogen-bond donors (Lipinski definition) is 2. The number of ether oxygens (including phenoxy) is 1. The lowest BCUT2D eigenvalue weighted by atomic mass is 10.1. The van der Waals surface area contributed by atoms with Crippen molar-refractivity contribution in [2.75, 3.05) is 12.4 Å². The quantitative estimate of drug-likeness (QED) is 0.411. The van der Waals surface area contributed by atoms with E-state index in [4.69, 9.17) is 4.74 Å². The Morgan fingerprint density at radius 3 is 2.37 bits per heavy atom. The molecule has 3 aromatic carbocycles. The maximum Gasteiger partial charge on any atom is 0.279 e. The normalized spacial score (nSPS) is 13.5. The van der Waals surface area contributed by atoms with Crippen LogP contribution in [0.5, 0.6) is 5.75 Å². The van der Waals surface area contributed by atoms with Crippen LogP contribution in [0.3, 0.4) is 0 Å². The van der Waals surface area contributed by atoms with E-state index in [2.05, 4.69) is 15.1 Å². The number of rotatable bonds is 7. The van der Waals surface area contributed by atoms with Crippen molar-refractivity contribution in [2.24, 2.45) is 0 Å². The maximum absolute atomic E-state index is 13.4. The Morgan fingerprint density at radius 1 is 1.00 bits per heavy atom. The minimum Gasteiger partial charge on any atom is -0.495 e. The minimum absolute atomic E-state index is 0.00701. The molecule has 1 amide bonds. The van der Waals surface area contributed by atoms with Crippen molar-refractivity contribution in [3.63, 3.8) is 0 Å². The first-order valence-electron chi connectivity index (χ1n) is 11.0. The molecule has 1 saturated carbocycles. The molecule has 178 valence electrons.